The average Bonchev–Trinajstić information content (AvgIpc) is 2.66. The molecule has 0 heterocycles. The Morgan fingerprint density at radius 2 is 1.69 bits per heavy atom. The van der Waals surface area contributed by atoms with Crippen LogP contribution in [0.3, 0.4) is 0 Å². The summed E-state index contributed by atoms with van der Waals surface area (Å²) in [5.74, 6) is 1.97. The van der Waals surface area contributed by atoms with Gasteiger partial charge in [-0.25, -0.2) is 0 Å². The second-order valence-corrected chi connectivity index (χ2v) is 5.82. The van der Waals surface area contributed by atoms with E-state index in [9.17, 15) is 4.79 Å². The molecule has 2 rings (SSSR count). The summed E-state index contributed by atoms with van der Waals surface area (Å²) >= 11 is 0. The van der Waals surface area contributed by atoms with Gasteiger partial charge in [-0.3, -0.25) is 4.79 Å². The van der Waals surface area contributed by atoms with E-state index < -0.39 is 0 Å². The average molecular weight is 359 g/mol. The zero-order chi connectivity index (χ0) is 18.9. The summed E-state index contributed by atoms with van der Waals surface area (Å²) in [7, 11) is 4.81. The molecule has 0 fully saturated rings. The molecule has 140 valence electrons. The van der Waals surface area contributed by atoms with Crippen molar-refractivity contribution in [2.75, 3.05) is 27.9 Å². The molecular formula is C20H25NO5. The summed E-state index contributed by atoms with van der Waals surface area (Å²) in [4.78, 5) is 12.4. The van der Waals surface area contributed by atoms with Gasteiger partial charge in [-0.15, -0.1) is 0 Å². The highest BCUT2D eigenvalue weighted by Gasteiger charge is 2.13. The molecule has 2 aromatic carbocycles. The zero-order valence-electron chi connectivity index (χ0n) is 15.6. The largest absolute Gasteiger partial charge is 0.497 e. The maximum absolute atomic E-state index is 12.4. The van der Waals surface area contributed by atoms with Crippen molar-refractivity contribution >= 4 is 5.91 Å². The van der Waals surface area contributed by atoms with Crippen LogP contribution >= 0.6 is 0 Å². The van der Waals surface area contributed by atoms with E-state index in [1.165, 1.54) is 0 Å². The van der Waals surface area contributed by atoms with Crippen LogP contribution in [-0.2, 0) is 11.3 Å². The number of carbonyl (C=O) groups is 1. The molecule has 0 aliphatic heterocycles. The maximum Gasteiger partial charge on any atom is 0.251 e. The Labute approximate surface area is 154 Å². The quantitative estimate of drug-likeness (QED) is 0.745. The number of methoxy groups -OCH3 is 3. The second kappa shape index (κ2) is 9.68. The van der Waals surface area contributed by atoms with Crippen LogP contribution in [0.15, 0.2) is 42.5 Å². The predicted octanol–water partition coefficient (Wildman–Crippen LogP) is 3.05. The van der Waals surface area contributed by atoms with E-state index >= 15 is 0 Å². The third kappa shape index (κ3) is 5.39. The summed E-state index contributed by atoms with van der Waals surface area (Å²) in [5, 5.41) is 2.89. The molecule has 0 unspecified atom stereocenters. The summed E-state index contributed by atoms with van der Waals surface area (Å²) in [6, 6.07) is 12.5. The van der Waals surface area contributed by atoms with Gasteiger partial charge >= 0.3 is 0 Å². The first kappa shape index (κ1) is 19.6. The Balaban J connectivity index is 2.09. The van der Waals surface area contributed by atoms with Crippen LogP contribution in [0.4, 0.5) is 0 Å². The Morgan fingerprint density at radius 1 is 1.00 bits per heavy atom. The Morgan fingerprint density at radius 3 is 2.31 bits per heavy atom. The van der Waals surface area contributed by atoms with Gasteiger partial charge in [-0.2, -0.15) is 0 Å². The third-order valence-electron chi connectivity index (χ3n) is 3.79. The Bertz CT molecular complexity index is 715. The SMILES string of the molecule is COC[C@@H](C)NC(=O)c1ccc(OC)c(COc2ccc(OC)cc2)c1. The van der Waals surface area contributed by atoms with E-state index in [2.05, 4.69) is 5.32 Å². The predicted molar refractivity (Wildman–Crippen MR) is 99.1 cm³/mol. The van der Waals surface area contributed by atoms with Crippen LogP contribution in [0.5, 0.6) is 17.2 Å². The molecule has 1 atom stereocenters. The summed E-state index contributed by atoms with van der Waals surface area (Å²) < 4.78 is 21.3. The van der Waals surface area contributed by atoms with E-state index in [1.54, 1.807) is 39.5 Å². The van der Waals surface area contributed by atoms with Crippen molar-refractivity contribution in [1.29, 1.82) is 0 Å². The number of amides is 1. The molecule has 0 saturated carbocycles. The summed E-state index contributed by atoms with van der Waals surface area (Å²) in [6.45, 7) is 2.62. The van der Waals surface area contributed by atoms with Crippen LogP contribution in [0, 0.1) is 0 Å². The van der Waals surface area contributed by atoms with Crippen LogP contribution in [0.2, 0.25) is 0 Å². The fourth-order valence-corrected chi connectivity index (χ4v) is 2.46. The third-order valence-corrected chi connectivity index (χ3v) is 3.79. The number of carbonyl (C=O) groups excluding carboxylic acids is 1. The normalized spacial score (nSPS) is 11.5. The summed E-state index contributed by atoms with van der Waals surface area (Å²) in [6.07, 6.45) is 0. The highest BCUT2D eigenvalue weighted by Crippen LogP contribution is 2.23. The Kier molecular flexibility index (Phi) is 7.29. The molecule has 0 aromatic heterocycles. The lowest BCUT2D eigenvalue weighted by Crippen LogP contribution is -2.35. The fraction of sp³-hybridized carbons (Fsp3) is 0.350. The second-order valence-electron chi connectivity index (χ2n) is 5.82. The molecule has 0 aliphatic rings. The van der Waals surface area contributed by atoms with E-state index in [0.717, 1.165) is 11.3 Å². The number of nitrogens with one attached hydrogen (secondary N) is 1. The molecule has 1 amide bonds. The van der Waals surface area contributed by atoms with Gasteiger partial charge in [-0.05, 0) is 49.4 Å². The van der Waals surface area contributed by atoms with Gasteiger partial charge in [0.05, 0.1) is 20.8 Å². The summed E-state index contributed by atoms with van der Waals surface area (Å²) in [5.41, 5.74) is 1.33. The topological polar surface area (TPSA) is 66.0 Å². The molecule has 0 radical (unpaired) electrons. The molecule has 26 heavy (non-hydrogen) atoms. The lowest BCUT2D eigenvalue weighted by Gasteiger charge is -2.15. The minimum atomic E-state index is -0.164. The van der Waals surface area contributed by atoms with Crippen molar-refractivity contribution in [1.82, 2.24) is 5.32 Å². The fourth-order valence-electron chi connectivity index (χ4n) is 2.46. The van der Waals surface area contributed by atoms with Gasteiger partial charge in [0.15, 0.2) is 0 Å². The molecule has 0 bridgehead atoms. The van der Waals surface area contributed by atoms with Crippen LogP contribution < -0.4 is 19.5 Å². The molecule has 2 aromatic rings. The molecule has 1 N–H and O–H groups in total. The minimum Gasteiger partial charge on any atom is -0.497 e. The van der Waals surface area contributed by atoms with Crippen molar-refractivity contribution in [3.63, 3.8) is 0 Å². The first-order valence-electron chi connectivity index (χ1n) is 8.31. The van der Waals surface area contributed by atoms with Crippen LogP contribution in [-0.4, -0.2) is 39.9 Å². The first-order valence-corrected chi connectivity index (χ1v) is 8.31. The smallest absolute Gasteiger partial charge is 0.251 e. The molecular weight excluding hydrogens is 334 g/mol. The highest BCUT2D eigenvalue weighted by atomic mass is 16.5. The van der Waals surface area contributed by atoms with Crippen molar-refractivity contribution in [2.24, 2.45) is 0 Å². The van der Waals surface area contributed by atoms with E-state index in [-0.39, 0.29) is 18.6 Å². The number of rotatable bonds is 9. The van der Waals surface area contributed by atoms with E-state index in [1.807, 2.05) is 31.2 Å². The number of hydrogen-bond donors (Lipinski definition) is 1. The van der Waals surface area contributed by atoms with Crippen LogP contribution in [0.25, 0.3) is 0 Å². The molecule has 6 heteroatoms. The highest BCUT2D eigenvalue weighted by molar-refractivity contribution is 5.94. The van der Waals surface area contributed by atoms with Gasteiger partial charge in [-0.1, -0.05) is 0 Å². The van der Waals surface area contributed by atoms with E-state index in [0.29, 0.717) is 23.7 Å². The van der Waals surface area contributed by atoms with Gasteiger partial charge in [0.1, 0.15) is 23.9 Å². The lowest BCUT2D eigenvalue weighted by atomic mass is 10.1. The standard InChI is InChI=1S/C20H25NO5/c1-14(12-23-2)21-20(22)15-5-10-19(25-4)16(11-15)13-26-18-8-6-17(24-3)7-9-18/h5-11,14H,12-13H2,1-4H3,(H,21,22)/t14-/m1/s1. The lowest BCUT2D eigenvalue weighted by molar-refractivity contribution is 0.0905. The first-order chi connectivity index (χ1) is 12.6. The number of benzene rings is 2. The van der Waals surface area contributed by atoms with Gasteiger partial charge in [0.2, 0.25) is 0 Å². The molecule has 0 saturated heterocycles. The van der Waals surface area contributed by atoms with Crippen molar-refractivity contribution in [2.45, 2.75) is 19.6 Å². The van der Waals surface area contributed by atoms with E-state index in [4.69, 9.17) is 18.9 Å². The Hall–Kier alpha value is -2.73. The van der Waals surface area contributed by atoms with Crippen LogP contribution in [0.1, 0.15) is 22.8 Å². The minimum absolute atomic E-state index is 0.0754. The maximum atomic E-state index is 12.4. The van der Waals surface area contributed by atoms with Crippen molar-refractivity contribution < 1.29 is 23.7 Å². The van der Waals surface area contributed by atoms with Gasteiger partial charge < -0.3 is 24.3 Å². The molecule has 0 spiro atoms. The number of ether oxygens (including phenoxy) is 4. The molecule has 6 nitrogen and oxygen atoms in total. The van der Waals surface area contributed by atoms with Crippen molar-refractivity contribution in [3.8, 4) is 17.2 Å². The van der Waals surface area contributed by atoms with Gasteiger partial charge in [0.25, 0.3) is 5.91 Å². The number of hydrogen-bond acceptors (Lipinski definition) is 5. The zero-order valence-corrected chi connectivity index (χ0v) is 15.6. The van der Waals surface area contributed by atoms with Gasteiger partial charge in [0, 0.05) is 24.3 Å². The monoisotopic (exact) mass is 359 g/mol. The molecule has 0 aliphatic carbocycles. The van der Waals surface area contributed by atoms with Crippen molar-refractivity contribution in [3.05, 3.63) is 53.6 Å².